The minimum atomic E-state index is -0.734. The van der Waals surface area contributed by atoms with Gasteiger partial charge in [-0.3, -0.25) is 10.1 Å². The van der Waals surface area contributed by atoms with Crippen LogP contribution in [0.2, 0.25) is 0 Å². The molecule has 0 N–H and O–H groups in total. The number of ether oxygens (including phenoxy) is 1. The van der Waals surface area contributed by atoms with Crippen molar-refractivity contribution in [3.63, 3.8) is 0 Å². The summed E-state index contributed by atoms with van der Waals surface area (Å²) in [5.74, 6) is 0.254. The van der Waals surface area contributed by atoms with Gasteiger partial charge in [-0.05, 0) is 24.1 Å². The van der Waals surface area contributed by atoms with Crippen LogP contribution in [0.1, 0.15) is 31.7 Å². The summed E-state index contributed by atoms with van der Waals surface area (Å²) in [6, 6.07) is 7.07. The number of carbonyl (C=O) groups is 1. The van der Waals surface area contributed by atoms with E-state index < -0.39 is 11.3 Å². The van der Waals surface area contributed by atoms with E-state index in [-0.39, 0.29) is 11.5 Å². The molecule has 5 nitrogen and oxygen atoms in total. The van der Waals surface area contributed by atoms with E-state index in [1.54, 1.807) is 38.3 Å². The topological polar surface area (TPSA) is 69.4 Å². The maximum atomic E-state index is 11.3. The molecule has 1 aromatic carbocycles. The van der Waals surface area contributed by atoms with Crippen molar-refractivity contribution in [2.45, 2.75) is 26.2 Å². The lowest BCUT2D eigenvalue weighted by Crippen LogP contribution is -2.31. The van der Waals surface area contributed by atoms with Gasteiger partial charge in [0.25, 0.3) is 0 Å². The summed E-state index contributed by atoms with van der Waals surface area (Å²) in [7, 11) is 1.56. The zero-order valence-electron chi connectivity index (χ0n) is 11.5. The summed E-state index contributed by atoms with van der Waals surface area (Å²) >= 11 is 0. The fourth-order valence-electron chi connectivity index (χ4n) is 2.09. The molecule has 104 valence electrons. The minimum Gasteiger partial charge on any atom is -0.497 e. The predicted octanol–water partition coefficient (Wildman–Crippen LogP) is 2.67. The van der Waals surface area contributed by atoms with Gasteiger partial charge >= 0.3 is 0 Å². The lowest BCUT2D eigenvalue weighted by atomic mass is 9.72. The highest BCUT2D eigenvalue weighted by molar-refractivity contribution is 5.61. The van der Waals surface area contributed by atoms with E-state index in [9.17, 15) is 14.9 Å². The number of hydrogen-bond donors (Lipinski definition) is 0. The fourth-order valence-corrected chi connectivity index (χ4v) is 2.09. The summed E-state index contributed by atoms with van der Waals surface area (Å²) in [6.07, 6.45) is 1.38. The molecule has 0 saturated carbocycles. The number of hydrogen-bond acceptors (Lipinski definition) is 4. The number of carbonyl (C=O) groups excluding carboxylic acids is 1. The molecule has 0 bridgehead atoms. The maximum Gasteiger partial charge on any atom is 0.211 e. The Morgan fingerprint density at radius 3 is 2.37 bits per heavy atom. The number of rotatable bonds is 7. The summed E-state index contributed by atoms with van der Waals surface area (Å²) in [6.45, 7) is 3.37. The second-order valence-electron chi connectivity index (χ2n) is 4.82. The Morgan fingerprint density at radius 1 is 1.42 bits per heavy atom. The molecule has 1 aromatic rings. The first-order chi connectivity index (χ1) is 8.96. The van der Waals surface area contributed by atoms with E-state index in [0.29, 0.717) is 12.2 Å². The van der Waals surface area contributed by atoms with Gasteiger partial charge in [-0.25, -0.2) is 0 Å². The van der Waals surface area contributed by atoms with Crippen molar-refractivity contribution in [1.82, 2.24) is 0 Å². The van der Waals surface area contributed by atoms with Crippen LogP contribution in [0, 0.1) is 15.5 Å². The van der Waals surface area contributed by atoms with Crippen molar-refractivity contribution in [3.8, 4) is 5.75 Å². The Balaban J connectivity index is 3.14. The molecule has 0 aliphatic carbocycles. The molecule has 0 aromatic heterocycles. The quantitative estimate of drug-likeness (QED) is 0.432. The molecule has 19 heavy (non-hydrogen) atoms. The average Bonchev–Trinajstić information content (AvgIpc) is 2.44. The molecular formula is C14H19NO4. The Bertz CT molecular complexity index is 443. The number of benzene rings is 1. The van der Waals surface area contributed by atoms with E-state index in [2.05, 4.69) is 0 Å². The van der Waals surface area contributed by atoms with Crippen LogP contribution in [0.3, 0.4) is 0 Å². The average molecular weight is 265 g/mol. The van der Waals surface area contributed by atoms with Crippen LogP contribution >= 0.6 is 0 Å². The fraction of sp³-hybridized carbons (Fsp3) is 0.500. The van der Waals surface area contributed by atoms with E-state index in [1.807, 2.05) is 6.92 Å². The van der Waals surface area contributed by atoms with Crippen LogP contribution in [0.25, 0.3) is 0 Å². The number of methoxy groups -OCH3 is 1. The lowest BCUT2D eigenvalue weighted by Gasteiger charge is -2.29. The molecule has 0 spiro atoms. The van der Waals surface area contributed by atoms with Crippen molar-refractivity contribution in [3.05, 3.63) is 39.9 Å². The van der Waals surface area contributed by atoms with Gasteiger partial charge in [0.2, 0.25) is 6.54 Å². The molecule has 0 aliphatic heterocycles. The Labute approximate surface area is 112 Å². The van der Waals surface area contributed by atoms with E-state index in [4.69, 9.17) is 4.74 Å². The van der Waals surface area contributed by atoms with Gasteiger partial charge in [-0.15, -0.1) is 0 Å². The van der Waals surface area contributed by atoms with Gasteiger partial charge in [-0.1, -0.05) is 26.0 Å². The summed E-state index contributed by atoms with van der Waals surface area (Å²) in [5, 5.41) is 10.8. The van der Waals surface area contributed by atoms with Gasteiger partial charge in [0.1, 0.15) is 12.0 Å². The van der Waals surface area contributed by atoms with Crippen molar-refractivity contribution in [2.24, 2.45) is 5.41 Å². The third-order valence-electron chi connectivity index (χ3n) is 3.68. The molecule has 5 heteroatoms. The van der Waals surface area contributed by atoms with Gasteiger partial charge in [0.05, 0.1) is 13.0 Å². The second-order valence-corrected chi connectivity index (χ2v) is 4.82. The van der Waals surface area contributed by atoms with Crippen LogP contribution in [-0.4, -0.2) is 24.9 Å². The zero-order valence-corrected chi connectivity index (χ0v) is 11.5. The molecule has 0 radical (unpaired) electrons. The molecule has 0 amide bonds. The molecular weight excluding hydrogens is 246 g/mol. The Kier molecular flexibility index (Phi) is 5.03. The SMILES string of the molecule is CC[C@@](C)(C=O)[C@H](C[N+](=O)[O-])c1ccc(OC)cc1. The Morgan fingerprint density at radius 2 is 2.00 bits per heavy atom. The maximum absolute atomic E-state index is 11.3. The van der Waals surface area contributed by atoms with Crippen molar-refractivity contribution in [2.75, 3.05) is 13.7 Å². The molecule has 0 unspecified atom stereocenters. The highest BCUT2D eigenvalue weighted by atomic mass is 16.6. The van der Waals surface area contributed by atoms with Crippen LogP contribution < -0.4 is 4.74 Å². The van der Waals surface area contributed by atoms with Gasteiger partial charge < -0.3 is 9.53 Å². The number of aldehydes is 1. The minimum absolute atomic E-state index is 0.255. The van der Waals surface area contributed by atoms with E-state index >= 15 is 0 Å². The smallest absolute Gasteiger partial charge is 0.211 e. The molecule has 0 saturated heterocycles. The first-order valence-electron chi connectivity index (χ1n) is 6.19. The second kappa shape index (κ2) is 6.31. The van der Waals surface area contributed by atoms with Crippen LogP contribution in [0.5, 0.6) is 5.75 Å². The molecule has 0 fully saturated rings. The van der Waals surface area contributed by atoms with Crippen molar-refractivity contribution < 1.29 is 14.5 Å². The van der Waals surface area contributed by atoms with Crippen LogP contribution in [0.4, 0.5) is 0 Å². The van der Waals surface area contributed by atoms with Gasteiger partial charge in [-0.2, -0.15) is 0 Å². The van der Waals surface area contributed by atoms with Crippen LogP contribution in [-0.2, 0) is 4.79 Å². The third kappa shape index (κ3) is 3.53. The first-order valence-corrected chi connectivity index (χ1v) is 6.19. The van der Waals surface area contributed by atoms with E-state index in [1.165, 1.54) is 0 Å². The largest absolute Gasteiger partial charge is 0.497 e. The Hall–Kier alpha value is -1.91. The predicted molar refractivity (Wildman–Crippen MR) is 72.1 cm³/mol. The highest BCUT2D eigenvalue weighted by Crippen LogP contribution is 2.37. The first kappa shape index (κ1) is 15.1. The molecule has 1 rings (SSSR count). The third-order valence-corrected chi connectivity index (χ3v) is 3.68. The molecule has 0 heterocycles. The summed E-state index contributed by atoms with van der Waals surface area (Å²) in [4.78, 5) is 21.8. The van der Waals surface area contributed by atoms with Gasteiger partial charge in [0, 0.05) is 10.3 Å². The zero-order chi connectivity index (χ0) is 14.5. The number of nitro groups is 1. The number of nitrogens with zero attached hydrogens (tertiary/aromatic N) is 1. The van der Waals surface area contributed by atoms with Gasteiger partial charge in [0.15, 0.2) is 0 Å². The van der Waals surface area contributed by atoms with Crippen molar-refractivity contribution in [1.29, 1.82) is 0 Å². The summed E-state index contributed by atoms with van der Waals surface area (Å²) in [5.41, 5.74) is 0.0516. The highest BCUT2D eigenvalue weighted by Gasteiger charge is 2.37. The lowest BCUT2D eigenvalue weighted by molar-refractivity contribution is -0.485. The van der Waals surface area contributed by atoms with E-state index in [0.717, 1.165) is 11.8 Å². The molecule has 2 atom stereocenters. The van der Waals surface area contributed by atoms with Crippen molar-refractivity contribution >= 4 is 6.29 Å². The monoisotopic (exact) mass is 265 g/mol. The van der Waals surface area contributed by atoms with Crippen LogP contribution in [0.15, 0.2) is 24.3 Å². The summed E-state index contributed by atoms with van der Waals surface area (Å²) < 4.78 is 5.06. The molecule has 0 aliphatic rings. The normalized spacial score (nSPS) is 15.3. The standard InChI is InChI=1S/C14H19NO4/c1-4-14(2,10-16)13(9-15(17)18)11-5-7-12(19-3)8-6-11/h5-8,10,13H,4,9H2,1-3H3/t13-,14+/m1/s1.